The first kappa shape index (κ1) is 11.7. The van der Waals surface area contributed by atoms with Gasteiger partial charge in [-0.1, -0.05) is 30.7 Å². The van der Waals surface area contributed by atoms with Crippen LogP contribution in [-0.2, 0) is 0 Å². The number of hydrogen-bond donors (Lipinski definition) is 1. The first-order chi connectivity index (χ1) is 7.40. The van der Waals surface area contributed by atoms with E-state index in [2.05, 4.69) is 39.0 Å². The second-order valence-electron chi connectivity index (χ2n) is 5.66. The van der Waals surface area contributed by atoms with E-state index in [0.29, 0.717) is 0 Å². The predicted molar refractivity (Wildman–Crippen MR) is 68.2 cm³/mol. The lowest BCUT2D eigenvalue weighted by molar-refractivity contribution is -0.0220. The van der Waals surface area contributed by atoms with Crippen molar-refractivity contribution in [2.24, 2.45) is 5.41 Å². The number of fused-ring (bicyclic) bond motifs is 1. The topological polar surface area (TPSA) is 20.2 Å². The summed E-state index contributed by atoms with van der Waals surface area (Å²) in [6, 6.07) is 0. The van der Waals surface area contributed by atoms with Crippen LogP contribution in [0.2, 0.25) is 0 Å². The van der Waals surface area contributed by atoms with Crippen LogP contribution in [0.4, 0.5) is 0 Å². The zero-order valence-corrected chi connectivity index (χ0v) is 10.8. The molecule has 88 valence electrons. The second-order valence-corrected chi connectivity index (χ2v) is 5.66. The summed E-state index contributed by atoms with van der Waals surface area (Å²) >= 11 is 0. The summed E-state index contributed by atoms with van der Waals surface area (Å²) in [6.07, 6.45) is 9.48. The SMILES string of the molecule is C/C=C\C1=C(C)C=C2CCC(C)(O)C2(C)C1. The highest BCUT2D eigenvalue weighted by Gasteiger charge is 2.51. The lowest BCUT2D eigenvalue weighted by atomic mass is 9.67. The van der Waals surface area contributed by atoms with Crippen molar-refractivity contribution in [3.63, 3.8) is 0 Å². The molecule has 0 radical (unpaired) electrons. The molecule has 2 unspecified atom stereocenters. The molecule has 1 saturated carbocycles. The monoisotopic (exact) mass is 218 g/mol. The number of aliphatic hydroxyl groups is 1. The number of allylic oxidation sites excluding steroid dienone is 5. The molecule has 0 amide bonds. The fourth-order valence-electron chi connectivity index (χ4n) is 3.08. The van der Waals surface area contributed by atoms with Crippen molar-refractivity contribution in [3.8, 4) is 0 Å². The Bertz CT molecular complexity index is 396. The molecule has 0 spiro atoms. The molecule has 0 aliphatic heterocycles. The molecule has 0 heterocycles. The van der Waals surface area contributed by atoms with Gasteiger partial charge in [-0.3, -0.25) is 0 Å². The van der Waals surface area contributed by atoms with Crippen molar-refractivity contribution < 1.29 is 5.11 Å². The second kappa shape index (κ2) is 3.59. The van der Waals surface area contributed by atoms with Crippen LogP contribution in [0.5, 0.6) is 0 Å². The molecule has 0 aromatic heterocycles. The standard InChI is InChI=1S/C15H22O/c1-5-6-12-10-14(3)13(9-11(12)2)7-8-15(14,4)16/h5-6,9,16H,7-8,10H2,1-4H3/b6-5-. The quantitative estimate of drug-likeness (QED) is 0.710. The normalized spacial score (nSPS) is 39.2. The Morgan fingerprint density at radius 2 is 2.06 bits per heavy atom. The van der Waals surface area contributed by atoms with Crippen molar-refractivity contribution in [1.29, 1.82) is 0 Å². The molecule has 0 aromatic rings. The van der Waals surface area contributed by atoms with E-state index in [9.17, 15) is 5.11 Å². The Morgan fingerprint density at radius 1 is 1.38 bits per heavy atom. The minimum Gasteiger partial charge on any atom is -0.389 e. The van der Waals surface area contributed by atoms with Gasteiger partial charge in [0.1, 0.15) is 0 Å². The molecular formula is C15H22O. The maximum Gasteiger partial charge on any atom is 0.0716 e. The maximum absolute atomic E-state index is 10.5. The average Bonchev–Trinajstić information content (AvgIpc) is 2.41. The zero-order valence-electron chi connectivity index (χ0n) is 10.8. The fraction of sp³-hybridized carbons (Fsp3) is 0.600. The summed E-state index contributed by atoms with van der Waals surface area (Å²) in [7, 11) is 0. The van der Waals surface area contributed by atoms with Gasteiger partial charge in [-0.15, -0.1) is 0 Å². The Morgan fingerprint density at radius 3 is 2.69 bits per heavy atom. The van der Waals surface area contributed by atoms with Gasteiger partial charge in [-0.25, -0.2) is 0 Å². The Kier molecular flexibility index (Phi) is 2.62. The zero-order chi connectivity index (χ0) is 12.0. The van der Waals surface area contributed by atoms with Crippen LogP contribution in [0.1, 0.15) is 47.0 Å². The van der Waals surface area contributed by atoms with Crippen LogP contribution in [0.15, 0.2) is 34.9 Å². The molecule has 2 atom stereocenters. The van der Waals surface area contributed by atoms with Crippen LogP contribution in [0.25, 0.3) is 0 Å². The highest BCUT2D eigenvalue weighted by atomic mass is 16.3. The summed E-state index contributed by atoms with van der Waals surface area (Å²) in [5.41, 5.74) is 3.57. The van der Waals surface area contributed by atoms with Crippen LogP contribution in [-0.4, -0.2) is 10.7 Å². The van der Waals surface area contributed by atoms with Crippen molar-refractivity contribution >= 4 is 0 Å². The van der Waals surface area contributed by atoms with Crippen LogP contribution in [0, 0.1) is 5.41 Å². The van der Waals surface area contributed by atoms with Gasteiger partial charge >= 0.3 is 0 Å². The summed E-state index contributed by atoms with van der Waals surface area (Å²) in [6.45, 7) is 8.42. The number of hydrogen-bond acceptors (Lipinski definition) is 1. The van der Waals surface area contributed by atoms with Gasteiger partial charge in [0.15, 0.2) is 0 Å². The van der Waals surface area contributed by atoms with E-state index in [-0.39, 0.29) is 5.41 Å². The molecule has 0 aromatic carbocycles. The third kappa shape index (κ3) is 1.49. The van der Waals surface area contributed by atoms with Crippen molar-refractivity contribution in [2.45, 2.75) is 52.6 Å². The molecule has 0 saturated heterocycles. The van der Waals surface area contributed by atoms with Crippen molar-refractivity contribution in [2.75, 3.05) is 0 Å². The molecule has 1 N–H and O–H groups in total. The number of rotatable bonds is 1. The molecule has 1 fully saturated rings. The van der Waals surface area contributed by atoms with Gasteiger partial charge in [0, 0.05) is 5.41 Å². The molecule has 2 aliphatic rings. The highest BCUT2D eigenvalue weighted by molar-refractivity contribution is 5.45. The smallest absolute Gasteiger partial charge is 0.0716 e. The summed E-state index contributed by atoms with van der Waals surface area (Å²) in [5.74, 6) is 0. The average molecular weight is 218 g/mol. The summed E-state index contributed by atoms with van der Waals surface area (Å²) in [4.78, 5) is 0. The third-order valence-corrected chi connectivity index (χ3v) is 4.59. The molecule has 2 aliphatic carbocycles. The lowest BCUT2D eigenvalue weighted by Crippen LogP contribution is -2.40. The molecule has 2 rings (SSSR count). The predicted octanol–water partition coefficient (Wildman–Crippen LogP) is 3.76. The van der Waals surface area contributed by atoms with E-state index < -0.39 is 5.60 Å². The molecular weight excluding hydrogens is 196 g/mol. The van der Waals surface area contributed by atoms with E-state index in [1.54, 1.807) is 0 Å². The lowest BCUT2D eigenvalue weighted by Gasteiger charge is -2.41. The van der Waals surface area contributed by atoms with E-state index in [1.165, 1.54) is 16.7 Å². The van der Waals surface area contributed by atoms with E-state index in [4.69, 9.17) is 0 Å². The van der Waals surface area contributed by atoms with Crippen molar-refractivity contribution in [1.82, 2.24) is 0 Å². The van der Waals surface area contributed by atoms with Gasteiger partial charge in [-0.2, -0.15) is 0 Å². The van der Waals surface area contributed by atoms with E-state index in [1.807, 2.05) is 6.92 Å². The highest BCUT2D eigenvalue weighted by Crippen LogP contribution is 2.56. The Balaban J connectivity index is 2.44. The molecule has 0 bridgehead atoms. The van der Waals surface area contributed by atoms with Crippen LogP contribution < -0.4 is 0 Å². The van der Waals surface area contributed by atoms with E-state index in [0.717, 1.165) is 19.3 Å². The molecule has 1 heteroatoms. The third-order valence-electron chi connectivity index (χ3n) is 4.59. The van der Waals surface area contributed by atoms with Crippen LogP contribution in [0.3, 0.4) is 0 Å². The molecule has 1 nitrogen and oxygen atoms in total. The van der Waals surface area contributed by atoms with Gasteiger partial charge in [0.2, 0.25) is 0 Å². The molecule has 16 heavy (non-hydrogen) atoms. The Hall–Kier alpha value is -0.820. The van der Waals surface area contributed by atoms with Crippen LogP contribution >= 0.6 is 0 Å². The van der Waals surface area contributed by atoms with Gasteiger partial charge < -0.3 is 5.11 Å². The minimum absolute atomic E-state index is 0.0542. The van der Waals surface area contributed by atoms with E-state index >= 15 is 0 Å². The largest absolute Gasteiger partial charge is 0.389 e. The van der Waals surface area contributed by atoms with Gasteiger partial charge in [0.25, 0.3) is 0 Å². The minimum atomic E-state index is -0.549. The fourth-order valence-corrected chi connectivity index (χ4v) is 3.08. The maximum atomic E-state index is 10.5. The first-order valence-corrected chi connectivity index (χ1v) is 6.16. The Labute approximate surface area is 98.6 Å². The summed E-state index contributed by atoms with van der Waals surface area (Å²) < 4.78 is 0. The first-order valence-electron chi connectivity index (χ1n) is 6.16. The summed E-state index contributed by atoms with van der Waals surface area (Å²) in [5, 5.41) is 10.5. The van der Waals surface area contributed by atoms with Gasteiger partial charge in [0.05, 0.1) is 5.60 Å². The van der Waals surface area contributed by atoms with Crippen molar-refractivity contribution in [3.05, 3.63) is 34.9 Å². The van der Waals surface area contributed by atoms with Gasteiger partial charge in [-0.05, 0) is 51.2 Å².